The lowest BCUT2D eigenvalue weighted by Gasteiger charge is -2.51. The second-order valence-corrected chi connectivity index (χ2v) is 9.40. The Labute approximate surface area is 134 Å². The van der Waals surface area contributed by atoms with E-state index in [0.717, 1.165) is 12.8 Å². The van der Waals surface area contributed by atoms with Crippen molar-refractivity contribution < 1.29 is 14.3 Å². The zero-order valence-electron chi connectivity index (χ0n) is 12.4. The predicted molar refractivity (Wildman–Crippen MR) is 86.0 cm³/mol. The van der Waals surface area contributed by atoms with E-state index in [9.17, 15) is 9.59 Å². The first-order chi connectivity index (χ1) is 10.0. The van der Waals surface area contributed by atoms with Crippen LogP contribution < -0.4 is 5.73 Å². The molecule has 4 atom stereocenters. The van der Waals surface area contributed by atoms with Gasteiger partial charge in [-0.2, -0.15) is 0 Å². The Hall–Kier alpha value is -0.360. The molecular weight excluding hydrogens is 306 g/mol. The van der Waals surface area contributed by atoms with Crippen LogP contribution in [0.4, 0.5) is 0 Å². The highest BCUT2D eigenvalue weighted by Crippen LogP contribution is 2.64. The molecule has 2 N–H and O–H groups in total. The SMILES string of the molecule is C[C@H](OC(=O)C1C[C@H]2CCC[C@@H](C1)C21SCCS1)C(N)=O. The van der Waals surface area contributed by atoms with Crippen molar-refractivity contribution in [3.63, 3.8) is 0 Å². The molecule has 118 valence electrons. The number of hydrogen-bond acceptors (Lipinski definition) is 5. The summed E-state index contributed by atoms with van der Waals surface area (Å²) >= 11 is 4.25. The van der Waals surface area contributed by atoms with Crippen molar-refractivity contribution in [2.75, 3.05) is 11.5 Å². The lowest BCUT2D eigenvalue weighted by Crippen LogP contribution is -2.48. The van der Waals surface area contributed by atoms with Gasteiger partial charge in [0.25, 0.3) is 5.91 Å². The first-order valence-electron chi connectivity index (χ1n) is 7.80. The largest absolute Gasteiger partial charge is 0.452 e. The van der Waals surface area contributed by atoms with Gasteiger partial charge in [-0.15, -0.1) is 23.5 Å². The molecule has 1 spiro atoms. The van der Waals surface area contributed by atoms with E-state index in [2.05, 4.69) is 23.5 Å². The van der Waals surface area contributed by atoms with Gasteiger partial charge in [0.05, 0.1) is 10.00 Å². The van der Waals surface area contributed by atoms with Crippen LogP contribution in [0.2, 0.25) is 0 Å². The molecule has 1 heterocycles. The predicted octanol–water partition coefficient (Wildman–Crippen LogP) is 2.41. The Morgan fingerprint density at radius 3 is 2.29 bits per heavy atom. The number of esters is 1. The molecular formula is C15H23NO3S2. The maximum absolute atomic E-state index is 12.3. The van der Waals surface area contributed by atoms with Gasteiger partial charge in [-0.3, -0.25) is 9.59 Å². The lowest BCUT2D eigenvalue weighted by atomic mass is 9.67. The first-order valence-corrected chi connectivity index (χ1v) is 9.78. The molecule has 1 aliphatic heterocycles. The van der Waals surface area contributed by atoms with Gasteiger partial charge >= 0.3 is 5.97 Å². The fourth-order valence-corrected chi connectivity index (χ4v) is 8.07. The second-order valence-electron chi connectivity index (χ2n) is 6.39. The summed E-state index contributed by atoms with van der Waals surface area (Å²) in [6.07, 6.45) is 4.76. The van der Waals surface area contributed by atoms with Crippen molar-refractivity contribution in [2.24, 2.45) is 23.5 Å². The molecule has 1 unspecified atom stereocenters. The number of hydrogen-bond donors (Lipinski definition) is 1. The van der Waals surface area contributed by atoms with Crippen molar-refractivity contribution in [3.05, 3.63) is 0 Å². The minimum absolute atomic E-state index is 0.0467. The molecule has 1 amide bonds. The summed E-state index contributed by atoms with van der Waals surface area (Å²) in [6.45, 7) is 1.55. The highest BCUT2D eigenvalue weighted by atomic mass is 32.2. The van der Waals surface area contributed by atoms with Crippen LogP contribution in [0.15, 0.2) is 0 Å². The zero-order chi connectivity index (χ0) is 15.0. The van der Waals surface area contributed by atoms with Gasteiger partial charge < -0.3 is 10.5 Å². The van der Waals surface area contributed by atoms with Crippen LogP contribution in [-0.2, 0) is 14.3 Å². The smallest absolute Gasteiger partial charge is 0.309 e. The van der Waals surface area contributed by atoms with E-state index in [4.69, 9.17) is 10.5 Å². The summed E-state index contributed by atoms with van der Waals surface area (Å²) in [5, 5.41) is 0. The molecule has 6 heteroatoms. The number of ether oxygens (including phenoxy) is 1. The number of rotatable bonds is 3. The molecule has 21 heavy (non-hydrogen) atoms. The van der Waals surface area contributed by atoms with Gasteiger partial charge in [0.15, 0.2) is 6.10 Å². The van der Waals surface area contributed by atoms with Crippen molar-refractivity contribution in [2.45, 2.75) is 49.2 Å². The Balaban J connectivity index is 1.68. The van der Waals surface area contributed by atoms with E-state index in [-0.39, 0.29) is 11.9 Å². The number of carbonyl (C=O) groups is 2. The number of thioether (sulfide) groups is 2. The molecule has 4 nitrogen and oxygen atoms in total. The Kier molecular flexibility index (Phi) is 4.46. The molecule has 3 aliphatic rings. The fraction of sp³-hybridized carbons (Fsp3) is 0.867. The molecule has 0 aromatic rings. The van der Waals surface area contributed by atoms with Crippen molar-refractivity contribution in [3.8, 4) is 0 Å². The Bertz CT molecular complexity index is 421. The Morgan fingerprint density at radius 2 is 1.76 bits per heavy atom. The minimum Gasteiger partial charge on any atom is -0.452 e. The third kappa shape index (κ3) is 2.81. The molecule has 2 bridgehead atoms. The molecule has 2 aliphatic carbocycles. The molecule has 0 aromatic heterocycles. The summed E-state index contributed by atoms with van der Waals surface area (Å²) in [5.74, 6) is 2.87. The van der Waals surface area contributed by atoms with Crippen LogP contribution in [-0.4, -0.2) is 33.6 Å². The Morgan fingerprint density at radius 1 is 1.19 bits per heavy atom. The summed E-state index contributed by atoms with van der Waals surface area (Å²) < 4.78 is 5.61. The van der Waals surface area contributed by atoms with E-state index in [0.29, 0.717) is 15.9 Å². The van der Waals surface area contributed by atoms with Gasteiger partial charge in [-0.05, 0) is 44.4 Å². The van der Waals surface area contributed by atoms with Crippen LogP contribution >= 0.6 is 23.5 Å². The maximum Gasteiger partial charge on any atom is 0.309 e. The maximum atomic E-state index is 12.3. The van der Waals surface area contributed by atoms with Gasteiger partial charge in [-0.25, -0.2) is 0 Å². The van der Waals surface area contributed by atoms with Crippen LogP contribution in [0.25, 0.3) is 0 Å². The molecule has 2 saturated carbocycles. The quantitative estimate of drug-likeness (QED) is 0.805. The standard InChI is InChI=1S/C15H23NO3S2/c1-9(13(16)17)19-14(18)10-7-11-3-2-4-12(8-10)15(11)20-5-6-21-15/h9-12H,2-8H2,1H3,(H2,16,17)/t9-,10?,11-,12+/m0/s1. The molecule has 1 saturated heterocycles. The monoisotopic (exact) mass is 329 g/mol. The summed E-state index contributed by atoms with van der Waals surface area (Å²) in [6, 6.07) is 0. The molecule has 3 fully saturated rings. The number of amides is 1. The summed E-state index contributed by atoms with van der Waals surface area (Å²) in [5.41, 5.74) is 5.18. The van der Waals surface area contributed by atoms with Crippen LogP contribution in [0.3, 0.4) is 0 Å². The summed E-state index contributed by atoms with van der Waals surface area (Å²) in [7, 11) is 0. The van der Waals surface area contributed by atoms with Crippen molar-refractivity contribution in [1.29, 1.82) is 0 Å². The van der Waals surface area contributed by atoms with E-state index < -0.39 is 12.0 Å². The van der Waals surface area contributed by atoms with E-state index in [1.807, 2.05) is 0 Å². The van der Waals surface area contributed by atoms with Crippen LogP contribution in [0.5, 0.6) is 0 Å². The van der Waals surface area contributed by atoms with Crippen LogP contribution in [0, 0.1) is 17.8 Å². The zero-order valence-corrected chi connectivity index (χ0v) is 14.0. The lowest BCUT2D eigenvalue weighted by molar-refractivity contribution is -0.160. The molecule has 0 radical (unpaired) electrons. The first kappa shape index (κ1) is 15.5. The number of carbonyl (C=O) groups excluding carboxylic acids is 2. The van der Waals surface area contributed by atoms with Crippen molar-refractivity contribution >= 4 is 35.4 Å². The minimum atomic E-state index is -0.816. The van der Waals surface area contributed by atoms with Gasteiger partial charge in [-0.1, -0.05) is 6.42 Å². The van der Waals surface area contributed by atoms with Crippen LogP contribution in [0.1, 0.15) is 39.0 Å². The average Bonchev–Trinajstić information content (AvgIpc) is 2.87. The topological polar surface area (TPSA) is 69.4 Å². The highest BCUT2D eigenvalue weighted by molar-refractivity contribution is 8.21. The third-order valence-electron chi connectivity index (χ3n) is 5.15. The summed E-state index contributed by atoms with van der Waals surface area (Å²) in [4.78, 5) is 23.4. The average molecular weight is 329 g/mol. The van der Waals surface area contributed by atoms with Gasteiger partial charge in [0.2, 0.25) is 0 Å². The van der Waals surface area contributed by atoms with Gasteiger partial charge in [0, 0.05) is 11.5 Å². The second kappa shape index (κ2) is 6.03. The third-order valence-corrected chi connectivity index (χ3v) is 9.16. The van der Waals surface area contributed by atoms with E-state index in [1.54, 1.807) is 6.92 Å². The van der Waals surface area contributed by atoms with E-state index in [1.165, 1.54) is 30.8 Å². The fourth-order valence-electron chi connectivity index (χ4n) is 4.13. The normalized spacial score (nSPS) is 35.4. The number of nitrogens with two attached hydrogens (primary N) is 1. The van der Waals surface area contributed by atoms with E-state index >= 15 is 0 Å². The van der Waals surface area contributed by atoms with Gasteiger partial charge in [0.1, 0.15) is 0 Å². The highest BCUT2D eigenvalue weighted by Gasteiger charge is 2.55. The number of primary amides is 1. The van der Waals surface area contributed by atoms with Crippen molar-refractivity contribution in [1.82, 2.24) is 0 Å². The molecule has 0 aromatic carbocycles. The molecule has 3 rings (SSSR count).